The van der Waals surface area contributed by atoms with Gasteiger partial charge in [0, 0.05) is 34.0 Å². The smallest absolute Gasteiger partial charge is 0.153 e. The minimum absolute atomic E-state index is 0.0583. The molecule has 4 rings (SSSR count). The molecule has 0 radical (unpaired) electrons. The highest BCUT2D eigenvalue weighted by atomic mass is 16.5. The fourth-order valence-electron chi connectivity index (χ4n) is 3.46. The summed E-state index contributed by atoms with van der Waals surface area (Å²) >= 11 is 0. The first-order valence-corrected chi connectivity index (χ1v) is 9.92. The summed E-state index contributed by atoms with van der Waals surface area (Å²) in [7, 11) is 0. The van der Waals surface area contributed by atoms with Gasteiger partial charge < -0.3 is 31.2 Å². The van der Waals surface area contributed by atoms with Crippen molar-refractivity contribution in [3.8, 4) is 71.5 Å². The summed E-state index contributed by atoms with van der Waals surface area (Å²) in [5, 5.41) is 20.5. The fourth-order valence-corrected chi connectivity index (χ4v) is 3.46. The van der Waals surface area contributed by atoms with Crippen LogP contribution in [0.3, 0.4) is 0 Å². The van der Waals surface area contributed by atoms with E-state index in [1.165, 1.54) is 30.3 Å². The van der Waals surface area contributed by atoms with E-state index in [0.29, 0.717) is 44.7 Å². The Morgan fingerprint density at radius 1 is 0.676 bits per heavy atom. The van der Waals surface area contributed by atoms with Crippen LogP contribution < -0.4 is 20.9 Å². The van der Waals surface area contributed by atoms with Crippen molar-refractivity contribution in [1.82, 2.24) is 0 Å². The molecule has 6 N–H and O–H groups in total. The van der Waals surface area contributed by atoms with Gasteiger partial charge in [-0.25, -0.2) is 0 Å². The number of fused-ring (bicyclic) bond motifs is 1. The quantitative estimate of drug-likeness (QED) is 0.201. The van der Waals surface area contributed by atoms with Crippen LogP contribution in [0.5, 0.6) is 34.5 Å². The minimum Gasteiger partial charge on any atom is -0.506 e. The molecule has 4 aromatic carbocycles. The third-order valence-corrected chi connectivity index (χ3v) is 5.12. The molecule has 0 spiro atoms. The highest BCUT2D eigenvalue weighted by Crippen LogP contribution is 2.43. The zero-order valence-corrected chi connectivity index (χ0v) is 17.8. The molecule has 0 bridgehead atoms. The molecule has 0 aliphatic heterocycles. The zero-order chi connectivity index (χ0) is 24.4. The topological polar surface area (TPSA) is 111 Å². The average Bonchev–Trinajstić information content (AvgIpc) is 2.83. The number of nitrogen functional groups attached to an aromatic ring is 2. The molecule has 164 valence electrons. The van der Waals surface area contributed by atoms with Crippen molar-refractivity contribution in [2.24, 2.45) is 0 Å². The van der Waals surface area contributed by atoms with Gasteiger partial charge in [0.15, 0.2) is 5.75 Å². The molecule has 0 heterocycles. The van der Waals surface area contributed by atoms with Crippen molar-refractivity contribution < 1.29 is 19.7 Å². The number of terminal acetylenes is 3. The fraction of sp³-hybridized carbons (Fsp3) is 0. The van der Waals surface area contributed by atoms with Crippen LogP contribution in [0.1, 0.15) is 16.7 Å². The Morgan fingerprint density at radius 2 is 1.26 bits per heavy atom. The van der Waals surface area contributed by atoms with Gasteiger partial charge in [0.25, 0.3) is 0 Å². The molecule has 0 unspecified atom stereocenters. The van der Waals surface area contributed by atoms with Crippen LogP contribution in [0.25, 0.3) is 10.8 Å². The summed E-state index contributed by atoms with van der Waals surface area (Å²) in [6, 6.07) is 14.0. The first kappa shape index (κ1) is 21.8. The number of anilines is 2. The van der Waals surface area contributed by atoms with Gasteiger partial charge in [0.05, 0.1) is 16.9 Å². The van der Waals surface area contributed by atoms with E-state index in [9.17, 15) is 10.2 Å². The highest BCUT2D eigenvalue weighted by Gasteiger charge is 2.20. The molecule has 0 fully saturated rings. The van der Waals surface area contributed by atoms with E-state index < -0.39 is 0 Å². The lowest BCUT2D eigenvalue weighted by atomic mass is 9.95. The van der Waals surface area contributed by atoms with Gasteiger partial charge in [-0.3, -0.25) is 0 Å². The van der Waals surface area contributed by atoms with Crippen molar-refractivity contribution in [3.05, 3.63) is 71.3 Å². The number of ether oxygens (including phenoxy) is 2. The third-order valence-electron chi connectivity index (χ3n) is 5.12. The van der Waals surface area contributed by atoms with E-state index in [4.69, 9.17) is 40.2 Å². The Morgan fingerprint density at radius 3 is 1.79 bits per heavy atom. The van der Waals surface area contributed by atoms with Gasteiger partial charge in [-0.2, -0.15) is 0 Å². The maximum Gasteiger partial charge on any atom is 0.153 e. The van der Waals surface area contributed by atoms with Crippen LogP contribution in [-0.2, 0) is 0 Å². The second-order valence-corrected chi connectivity index (χ2v) is 7.24. The number of phenols is 2. The summed E-state index contributed by atoms with van der Waals surface area (Å²) in [6.45, 7) is 0. The normalized spacial score (nSPS) is 10.1. The molecule has 0 aromatic heterocycles. The van der Waals surface area contributed by atoms with E-state index in [2.05, 4.69) is 17.8 Å². The molecule has 6 heteroatoms. The number of rotatable bonds is 4. The van der Waals surface area contributed by atoms with Crippen molar-refractivity contribution in [2.75, 3.05) is 11.5 Å². The molecule has 4 aromatic rings. The lowest BCUT2D eigenvalue weighted by molar-refractivity contribution is 0.466. The number of nitrogens with two attached hydrogens (primary N) is 2. The molecule has 0 aliphatic carbocycles. The van der Waals surface area contributed by atoms with Crippen molar-refractivity contribution in [1.29, 1.82) is 0 Å². The summed E-state index contributed by atoms with van der Waals surface area (Å²) in [4.78, 5) is 0. The van der Waals surface area contributed by atoms with E-state index in [-0.39, 0.29) is 28.6 Å². The molecular weight excluding hydrogens is 428 g/mol. The number of hydrogen-bond acceptors (Lipinski definition) is 6. The predicted molar refractivity (Wildman–Crippen MR) is 133 cm³/mol. The molecule has 6 nitrogen and oxygen atoms in total. The zero-order valence-electron chi connectivity index (χ0n) is 17.8. The van der Waals surface area contributed by atoms with Gasteiger partial charge in [-0.1, -0.05) is 17.8 Å². The monoisotopic (exact) mass is 446 g/mol. The Bertz CT molecular complexity index is 1580. The van der Waals surface area contributed by atoms with E-state index in [1.807, 2.05) is 0 Å². The number of phenolic OH excluding ortho intramolecular Hbond substituents is 2. The predicted octanol–water partition coefficient (Wildman–Crippen LogP) is 4.94. The largest absolute Gasteiger partial charge is 0.506 e. The molecule has 0 atom stereocenters. The SMILES string of the molecule is C#Cc1cc2c(Oc3ccc(O)c(N)c3)ccc(C#C)c2c(Oc2ccc(O)c(N)c2)c1C#C. The van der Waals surface area contributed by atoms with Crippen LogP contribution in [0.15, 0.2) is 54.6 Å². The third kappa shape index (κ3) is 3.82. The number of aromatic hydroxyl groups is 2. The van der Waals surface area contributed by atoms with Crippen LogP contribution >= 0.6 is 0 Å². The standard InChI is InChI=1S/C28H18N2O4/c1-4-16-7-12-26(33-18-8-10-24(31)22(29)14-18)21-13-17(5-2)20(6-3)28(27(16)21)34-19-9-11-25(32)23(30)15-19/h1-3,7-15,31-32H,29-30H2. The average molecular weight is 446 g/mol. The van der Waals surface area contributed by atoms with Gasteiger partial charge in [-0.05, 0) is 42.5 Å². The number of hydrogen-bond donors (Lipinski definition) is 4. The maximum absolute atomic E-state index is 9.75. The van der Waals surface area contributed by atoms with Gasteiger partial charge in [0.2, 0.25) is 0 Å². The summed E-state index contributed by atoms with van der Waals surface area (Å²) in [6.07, 6.45) is 17.3. The lowest BCUT2D eigenvalue weighted by Gasteiger charge is -2.17. The van der Waals surface area contributed by atoms with Gasteiger partial charge >= 0.3 is 0 Å². The highest BCUT2D eigenvalue weighted by molar-refractivity contribution is 6.01. The Labute approximate surface area is 196 Å². The molecule has 34 heavy (non-hydrogen) atoms. The van der Waals surface area contributed by atoms with Crippen LogP contribution in [0, 0.1) is 37.0 Å². The first-order valence-electron chi connectivity index (χ1n) is 9.92. The maximum atomic E-state index is 9.75. The van der Waals surface area contributed by atoms with E-state index in [0.717, 1.165) is 0 Å². The summed E-state index contributed by atoms with van der Waals surface area (Å²) in [5.74, 6) is 9.04. The second-order valence-electron chi connectivity index (χ2n) is 7.24. The van der Waals surface area contributed by atoms with Gasteiger partial charge in [0.1, 0.15) is 28.7 Å². The van der Waals surface area contributed by atoms with Crippen LogP contribution in [0.4, 0.5) is 11.4 Å². The van der Waals surface area contributed by atoms with Crippen molar-refractivity contribution in [3.63, 3.8) is 0 Å². The van der Waals surface area contributed by atoms with Gasteiger partial charge in [-0.15, -0.1) is 19.3 Å². The molecular formula is C28H18N2O4. The molecule has 0 saturated heterocycles. The van der Waals surface area contributed by atoms with Crippen LogP contribution in [-0.4, -0.2) is 10.2 Å². The summed E-state index contributed by atoms with van der Waals surface area (Å²) < 4.78 is 12.2. The second kappa shape index (κ2) is 8.63. The molecule has 0 saturated carbocycles. The Balaban J connectivity index is 1.99. The molecule has 0 amide bonds. The summed E-state index contributed by atoms with van der Waals surface area (Å²) in [5.41, 5.74) is 13.1. The molecule has 0 aliphatic rings. The van der Waals surface area contributed by atoms with Crippen molar-refractivity contribution >= 4 is 22.1 Å². The van der Waals surface area contributed by atoms with E-state index in [1.54, 1.807) is 24.3 Å². The van der Waals surface area contributed by atoms with Crippen LogP contribution in [0.2, 0.25) is 0 Å². The van der Waals surface area contributed by atoms with Crippen molar-refractivity contribution in [2.45, 2.75) is 0 Å². The Hall–Kier alpha value is -5.38. The van der Waals surface area contributed by atoms with E-state index >= 15 is 0 Å². The number of benzene rings is 4. The Kier molecular flexibility index (Phi) is 5.54. The first-order chi connectivity index (χ1) is 16.4. The lowest BCUT2D eigenvalue weighted by Crippen LogP contribution is -1.98. The minimum atomic E-state index is -0.0834.